The quantitative estimate of drug-likeness (QED) is 0.276. The molecule has 2 aromatic rings. The minimum absolute atomic E-state index is 0.0168. The molecule has 0 aliphatic heterocycles. The van der Waals surface area contributed by atoms with E-state index in [0.717, 1.165) is 23.6 Å². The van der Waals surface area contributed by atoms with Crippen LogP contribution in [0, 0.1) is 11.3 Å². The van der Waals surface area contributed by atoms with Crippen molar-refractivity contribution in [3.8, 4) is 0 Å². The summed E-state index contributed by atoms with van der Waals surface area (Å²) in [6.07, 6.45) is 2.08. The number of benzene rings is 2. The van der Waals surface area contributed by atoms with Crippen LogP contribution in [-0.4, -0.2) is 61.7 Å². The van der Waals surface area contributed by atoms with Crippen molar-refractivity contribution in [3.05, 3.63) is 42.5 Å². The first-order valence-corrected chi connectivity index (χ1v) is 14.4. The molecule has 1 N–H and O–H groups in total. The van der Waals surface area contributed by atoms with Gasteiger partial charge in [-0.25, -0.2) is 8.42 Å². The van der Waals surface area contributed by atoms with Crippen LogP contribution in [0.2, 0.25) is 0 Å². The molecular weight excluding hydrogens is 494 g/mol. The number of carboxylic acids is 1. The molecule has 9 heteroatoms. The topological polar surface area (TPSA) is 118 Å². The monoisotopic (exact) mass is 533 g/mol. The number of nitrogens with zero attached hydrogens (tertiary/aromatic N) is 1. The average molecular weight is 534 g/mol. The number of unbranched alkanes of at least 4 members (excludes halogenated alkanes) is 2. The first-order chi connectivity index (χ1) is 17.3. The lowest BCUT2D eigenvalue weighted by molar-refractivity contribution is -0.154. The van der Waals surface area contributed by atoms with Crippen molar-refractivity contribution < 1.29 is 32.6 Å². The summed E-state index contributed by atoms with van der Waals surface area (Å²) in [5.74, 6) is -3.46. The molecule has 0 spiro atoms. The second-order valence-corrected chi connectivity index (χ2v) is 12.4. The Morgan fingerprint density at radius 2 is 1.68 bits per heavy atom. The van der Waals surface area contributed by atoms with Crippen LogP contribution in [-0.2, 0) is 29.0 Å². The number of carbonyl (C=O) groups is 3. The Kier molecular flexibility index (Phi) is 11.1. The van der Waals surface area contributed by atoms with E-state index in [1.807, 2.05) is 31.2 Å². The Morgan fingerprint density at radius 3 is 2.30 bits per heavy atom. The van der Waals surface area contributed by atoms with Gasteiger partial charge in [0.15, 0.2) is 9.84 Å². The van der Waals surface area contributed by atoms with E-state index in [2.05, 4.69) is 0 Å². The minimum atomic E-state index is -3.88. The number of carbonyl (C=O) groups excluding carboxylic acids is 2. The van der Waals surface area contributed by atoms with Gasteiger partial charge >= 0.3 is 11.9 Å². The third-order valence-corrected chi connectivity index (χ3v) is 7.92. The fourth-order valence-electron chi connectivity index (χ4n) is 3.91. The molecule has 37 heavy (non-hydrogen) atoms. The van der Waals surface area contributed by atoms with Crippen LogP contribution in [0.4, 0.5) is 0 Å². The summed E-state index contributed by atoms with van der Waals surface area (Å²) in [5.41, 5.74) is -0.686. The predicted molar refractivity (Wildman–Crippen MR) is 143 cm³/mol. The second-order valence-electron chi connectivity index (χ2n) is 10.3. The number of rotatable bonds is 14. The molecule has 0 saturated heterocycles. The number of fused-ring (bicyclic) bond motifs is 1. The molecule has 8 nitrogen and oxygen atoms in total. The molecule has 2 aromatic carbocycles. The first kappa shape index (κ1) is 30.3. The van der Waals surface area contributed by atoms with Crippen molar-refractivity contribution in [2.45, 2.75) is 64.7 Å². The molecule has 1 amide bonds. The van der Waals surface area contributed by atoms with Gasteiger partial charge < -0.3 is 14.7 Å². The highest BCUT2D eigenvalue weighted by atomic mass is 32.2. The number of esters is 1. The van der Waals surface area contributed by atoms with E-state index in [-0.39, 0.29) is 30.9 Å². The van der Waals surface area contributed by atoms with Crippen molar-refractivity contribution in [2.24, 2.45) is 11.3 Å². The van der Waals surface area contributed by atoms with Gasteiger partial charge in [0.25, 0.3) is 0 Å². The van der Waals surface area contributed by atoms with E-state index in [4.69, 9.17) is 4.74 Å². The molecule has 0 aliphatic carbocycles. The molecule has 0 fully saturated rings. The summed E-state index contributed by atoms with van der Waals surface area (Å²) in [5, 5.41) is 10.9. The van der Waals surface area contributed by atoms with Gasteiger partial charge in [0.2, 0.25) is 5.91 Å². The summed E-state index contributed by atoms with van der Waals surface area (Å²) in [6.45, 7) is 7.71. The van der Waals surface area contributed by atoms with Gasteiger partial charge in [0.05, 0.1) is 28.5 Å². The maximum atomic E-state index is 13.6. The molecule has 0 radical (unpaired) electrons. The zero-order valence-corrected chi connectivity index (χ0v) is 23.1. The molecule has 0 aliphatic rings. The minimum Gasteiger partial charge on any atom is -0.481 e. The first-order valence-electron chi connectivity index (χ1n) is 12.7. The molecule has 0 bridgehead atoms. The van der Waals surface area contributed by atoms with Gasteiger partial charge in [0, 0.05) is 13.0 Å². The molecule has 1 unspecified atom stereocenters. The number of carboxylic acid groups (broad SMARTS) is 1. The molecule has 0 saturated carbocycles. The Balaban J connectivity index is 2.26. The summed E-state index contributed by atoms with van der Waals surface area (Å²) in [7, 11) is -3.88. The van der Waals surface area contributed by atoms with E-state index in [1.54, 1.807) is 32.9 Å². The number of ether oxygens (including phenoxy) is 1. The van der Waals surface area contributed by atoms with E-state index >= 15 is 0 Å². The van der Waals surface area contributed by atoms with E-state index in [1.165, 1.54) is 11.0 Å². The lowest BCUT2D eigenvalue weighted by Gasteiger charge is -2.28. The third-order valence-electron chi connectivity index (χ3n) is 6.11. The summed E-state index contributed by atoms with van der Waals surface area (Å²) in [4.78, 5) is 38.6. The van der Waals surface area contributed by atoms with Crippen molar-refractivity contribution in [2.75, 3.05) is 25.4 Å². The van der Waals surface area contributed by atoms with Crippen LogP contribution in [0.1, 0.15) is 59.8 Å². The highest BCUT2D eigenvalue weighted by molar-refractivity contribution is 7.91. The zero-order valence-electron chi connectivity index (χ0n) is 22.2. The lowest BCUT2D eigenvalue weighted by atomic mass is 9.97. The molecule has 0 heterocycles. The van der Waals surface area contributed by atoms with Crippen molar-refractivity contribution in [1.82, 2.24) is 4.90 Å². The largest absolute Gasteiger partial charge is 0.481 e. The van der Waals surface area contributed by atoms with Crippen LogP contribution in [0.15, 0.2) is 47.4 Å². The van der Waals surface area contributed by atoms with Crippen LogP contribution < -0.4 is 0 Å². The summed E-state index contributed by atoms with van der Waals surface area (Å²) >= 11 is 0. The normalized spacial score (nSPS) is 12.8. The van der Waals surface area contributed by atoms with Gasteiger partial charge in [-0.05, 0) is 56.5 Å². The number of amides is 1. The fraction of sp³-hybridized carbons (Fsp3) is 0.536. The standard InChI is InChI=1S/C28H39NO7S/c1-5-6-9-16-29(17-18-36-27(33)28(2,3)4)26(32)23(13-15-25(30)31)20-37(34,35)24-14-12-21-10-7-8-11-22(21)19-24/h7-8,10-12,14,19,23H,5-6,9,13,15-18,20H2,1-4H3,(H,30,31). The second kappa shape index (κ2) is 13.6. The Labute approximate surface area is 219 Å². The smallest absolute Gasteiger partial charge is 0.311 e. The number of hydrogen-bond acceptors (Lipinski definition) is 6. The van der Waals surface area contributed by atoms with Crippen LogP contribution in [0.3, 0.4) is 0 Å². The molecule has 2 rings (SSSR count). The van der Waals surface area contributed by atoms with Crippen molar-refractivity contribution >= 4 is 38.5 Å². The Hall–Kier alpha value is -2.94. The highest BCUT2D eigenvalue weighted by Gasteiger charge is 2.31. The third kappa shape index (κ3) is 9.46. The van der Waals surface area contributed by atoms with E-state index < -0.39 is 44.8 Å². The highest BCUT2D eigenvalue weighted by Crippen LogP contribution is 2.24. The van der Waals surface area contributed by atoms with Crippen molar-refractivity contribution in [3.63, 3.8) is 0 Å². The van der Waals surface area contributed by atoms with Gasteiger partial charge in [-0.1, -0.05) is 50.1 Å². The zero-order chi connectivity index (χ0) is 27.6. The predicted octanol–water partition coefficient (Wildman–Crippen LogP) is 4.70. The Bertz CT molecular complexity index is 1180. The van der Waals surface area contributed by atoms with E-state index in [0.29, 0.717) is 13.0 Å². The van der Waals surface area contributed by atoms with Crippen LogP contribution in [0.25, 0.3) is 10.8 Å². The lowest BCUT2D eigenvalue weighted by Crippen LogP contribution is -2.42. The number of hydrogen-bond donors (Lipinski definition) is 1. The van der Waals surface area contributed by atoms with Gasteiger partial charge in [0.1, 0.15) is 6.61 Å². The maximum Gasteiger partial charge on any atom is 0.311 e. The van der Waals surface area contributed by atoms with Gasteiger partial charge in [-0.2, -0.15) is 0 Å². The Morgan fingerprint density at radius 1 is 1.00 bits per heavy atom. The van der Waals surface area contributed by atoms with Crippen LogP contribution in [0.5, 0.6) is 0 Å². The molecule has 0 aromatic heterocycles. The molecule has 204 valence electrons. The summed E-state index contributed by atoms with van der Waals surface area (Å²) < 4.78 is 32.0. The SMILES string of the molecule is CCCCCN(CCOC(=O)C(C)(C)C)C(=O)C(CCC(=O)O)CS(=O)(=O)c1ccc2ccccc2c1. The van der Waals surface area contributed by atoms with Crippen molar-refractivity contribution in [1.29, 1.82) is 0 Å². The van der Waals surface area contributed by atoms with E-state index in [9.17, 15) is 27.9 Å². The van der Waals surface area contributed by atoms with Crippen LogP contribution >= 0.6 is 0 Å². The average Bonchev–Trinajstić information content (AvgIpc) is 2.84. The fourth-order valence-corrected chi connectivity index (χ4v) is 5.52. The number of sulfone groups is 1. The van der Waals surface area contributed by atoms with Gasteiger partial charge in [-0.15, -0.1) is 0 Å². The summed E-state index contributed by atoms with van der Waals surface area (Å²) in [6, 6.07) is 12.2. The maximum absolute atomic E-state index is 13.6. The number of aliphatic carboxylic acids is 1. The van der Waals surface area contributed by atoms with Gasteiger partial charge in [-0.3, -0.25) is 14.4 Å². The molecular formula is C28H39NO7S. The molecule has 1 atom stereocenters.